The number of piperidine rings is 1. The molecule has 0 radical (unpaired) electrons. The van der Waals surface area contributed by atoms with Crippen LogP contribution in [-0.2, 0) is 4.79 Å². The third-order valence-corrected chi connectivity index (χ3v) is 6.02. The summed E-state index contributed by atoms with van der Waals surface area (Å²) in [5, 5.41) is 3.75. The van der Waals surface area contributed by atoms with Crippen LogP contribution in [0.2, 0.25) is 5.02 Å². The summed E-state index contributed by atoms with van der Waals surface area (Å²) in [4.78, 5) is 26.9. The van der Waals surface area contributed by atoms with E-state index >= 15 is 0 Å². The first-order valence-corrected chi connectivity index (χ1v) is 10.3. The number of carbonyl (C=O) groups excluding carboxylic acids is 2. The molecular weight excluding hydrogens is 348 g/mol. The van der Waals surface area contributed by atoms with E-state index in [9.17, 15) is 9.59 Å². The van der Waals surface area contributed by atoms with Crippen molar-refractivity contribution in [2.24, 2.45) is 11.8 Å². The molecule has 1 aromatic carbocycles. The minimum atomic E-state index is 0.0534. The molecule has 0 atom stereocenters. The van der Waals surface area contributed by atoms with Crippen molar-refractivity contribution >= 4 is 23.3 Å². The minimum Gasteiger partial charge on any atom is -0.355 e. The van der Waals surface area contributed by atoms with Gasteiger partial charge in [-0.05, 0) is 69.0 Å². The molecule has 1 aliphatic carbocycles. The van der Waals surface area contributed by atoms with Gasteiger partial charge in [-0.2, -0.15) is 0 Å². The average molecular weight is 377 g/mol. The van der Waals surface area contributed by atoms with Crippen molar-refractivity contribution in [1.29, 1.82) is 0 Å². The van der Waals surface area contributed by atoms with Crippen molar-refractivity contribution in [2.75, 3.05) is 26.2 Å². The number of carbonyl (C=O) groups is 2. The molecule has 1 saturated carbocycles. The van der Waals surface area contributed by atoms with E-state index in [-0.39, 0.29) is 17.6 Å². The summed E-state index contributed by atoms with van der Waals surface area (Å²) in [6.45, 7) is 2.89. The van der Waals surface area contributed by atoms with Crippen LogP contribution in [-0.4, -0.2) is 42.8 Å². The number of benzene rings is 1. The quantitative estimate of drug-likeness (QED) is 0.765. The number of Topliss-reactive ketones (excluding diaryl/α,β-unsaturated/α-hetero) is 1. The van der Waals surface area contributed by atoms with Crippen LogP contribution in [0.1, 0.15) is 55.3 Å². The molecule has 1 aliphatic heterocycles. The molecule has 1 heterocycles. The fraction of sp³-hybridized carbons (Fsp3) is 0.619. The van der Waals surface area contributed by atoms with Crippen LogP contribution in [0, 0.1) is 11.8 Å². The zero-order chi connectivity index (χ0) is 18.4. The fourth-order valence-electron chi connectivity index (χ4n) is 4.11. The third kappa shape index (κ3) is 5.55. The van der Waals surface area contributed by atoms with E-state index in [0.717, 1.165) is 38.0 Å². The lowest BCUT2D eigenvalue weighted by atomic mass is 9.89. The molecule has 2 aliphatic rings. The number of hydrogen-bond acceptors (Lipinski definition) is 3. The second-order valence-electron chi connectivity index (χ2n) is 7.73. The van der Waals surface area contributed by atoms with Crippen LogP contribution in [0.15, 0.2) is 24.3 Å². The van der Waals surface area contributed by atoms with Crippen LogP contribution in [0.5, 0.6) is 0 Å². The Bertz CT molecular complexity index is 603. The van der Waals surface area contributed by atoms with Crippen molar-refractivity contribution in [3.8, 4) is 0 Å². The van der Waals surface area contributed by atoms with Crippen LogP contribution < -0.4 is 5.32 Å². The van der Waals surface area contributed by atoms with Gasteiger partial charge in [0.1, 0.15) is 0 Å². The highest BCUT2D eigenvalue weighted by molar-refractivity contribution is 6.30. The maximum atomic E-state index is 12.6. The summed E-state index contributed by atoms with van der Waals surface area (Å²) >= 11 is 5.89. The van der Waals surface area contributed by atoms with Crippen molar-refractivity contribution in [3.63, 3.8) is 0 Å². The van der Waals surface area contributed by atoms with Crippen LogP contribution in [0.3, 0.4) is 0 Å². The molecule has 2 fully saturated rings. The predicted molar refractivity (Wildman–Crippen MR) is 105 cm³/mol. The lowest BCUT2D eigenvalue weighted by Crippen LogP contribution is -2.43. The Labute approximate surface area is 161 Å². The van der Waals surface area contributed by atoms with Gasteiger partial charge in [0.15, 0.2) is 5.78 Å². The smallest absolute Gasteiger partial charge is 0.234 e. The van der Waals surface area contributed by atoms with Gasteiger partial charge < -0.3 is 5.32 Å². The standard InChI is InChI=1S/C21H29ClN2O2/c22-19-8-6-17(7-9-19)21(26)18-10-12-24(13-11-18)15-20(25)23-14-16-4-2-1-3-5-16/h6-9,16,18H,1-5,10-15H2,(H,23,25). The maximum absolute atomic E-state index is 12.6. The molecule has 1 saturated heterocycles. The highest BCUT2D eigenvalue weighted by Crippen LogP contribution is 2.24. The number of nitrogens with zero attached hydrogens (tertiary/aromatic N) is 1. The van der Waals surface area contributed by atoms with Gasteiger partial charge in [-0.3, -0.25) is 14.5 Å². The number of hydrogen-bond donors (Lipinski definition) is 1. The molecule has 142 valence electrons. The Morgan fingerprint density at radius 3 is 2.31 bits per heavy atom. The van der Waals surface area contributed by atoms with Gasteiger partial charge in [-0.15, -0.1) is 0 Å². The van der Waals surface area contributed by atoms with Crippen molar-refractivity contribution in [1.82, 2.24) is 10.2 Å². The van der Waals surface area contributed by atoms with Crippen molar-refractivity contribution in [3.05, 3.63) is 34.9 Å². The van der Waals surface area contributed by atoms with Gasteiger partial charge >= 0.3 is 0 Å². The minimum absolute atomic E-state index is 0.0534. The van der Waals surface area contributed by atoms with E-state index in [4.69, 9.17) is 11.6 Å². The largest absolute Gasteiger partial charge is 0.355 e. The van der Waals surface area contributed by atoms with E-state index in [1.165, 1.54) is 32.1 Å². The zero-order valence-electron chi connectivity index (χ0n) is 15.4. The first-order chi connectivity index (χ1) is 12.6. The molecule has 1 aromatic rings. The Morgan fingerprint density at radius 2 is 1.65 bits per heavy atom. The molecule has 0 spiro atoms. The second-order valence-corrected chi connectivity index (χ2v) is 8.17. The van der Waals surface area contributed by atoms with Crippen LogP contribution in [0.25, 0.3) is 0 Å². The van der Waals surface area contributed by atoms with E-state index in [1.807, 2.05) is 0 Å². The summed E-state index contributed by atoms with van der Waals surface area (Å²) in [5.74, 6) is 1.04. The van der Waals surface area contributed by atoms with Crippen molar-refractivity contribution < 1.29 is 9.59 Å². The number of ketones is 1. The molecule has 1 amide bonds. The molecule has 26 heavy (non-hydrogen) atoms. The van der Waals surface area contributed by atoms with Gasteiger partial charge in [0.05, 0.1) is 6.54 Å². The average Bonchev–Trinajstić information content (AvgIpc) is 2.68. The summed E-state index contributed by atoms with van der Waals surface area (Å²) in [7, 11) is 0. The molecule has 5 heteroatoms. The monoisotopic (exact) mass is 376 g/mol. The number of rotatable bonds is 6. The highest BCUT2D eigenvalue weighted by Gasteiger charge is 2.26. The summed E-state index contributed by atoms with van der Waals surface area (Å²) in [6, 6.07) is 7.13. The number of likely N-dealkylation sites (tertiary alicyclic amines) is 1. The van der Waals surface area contributed by atoms with Crippen LogP contribution in [0.4, 0.5) is 0 Å². The lowest BCUT2D eigenvalue weighted by Gasteiger charge is -2.31. The van der Waals surface area contributed by atoms with Crippen LogP contribution >= 0.6 is 11.6 Å². The highest BCUT2D eigenvalue weighted by atomic mass is 35.5. The molecule has 4 nitrogen and oxygen atoms in total. The van der Waals surface area contributed by atoms with E-state index in [0.29, 0.717) is 17.5 Å². The molecule has 3 rings (SSSR count). The lowest BCUT2D eigenvalue weighted by molar-refractivity contribution is -0.122. The third-order valence-electron chi connectivity index (χ3n) is 5.77. The maximum Gasteiger partial charge on any atom is 0.234 e. The topological polar surface area (TPSA) is 49.4 Å². The Kier molecular flexibility index (Phi) is 7.09. The summed E-state index contributed by atoms with van der Waals surface area (Å²) in [5.41, 5.74) is 0.734. The van der Waals surface area contributed by atoms with Gasteiger partial charge in [0, 0.05) is 23.0 Å². The molecule has 0 bridgehead atoms. The van der Waals surface area contributed by atoms with E-state index < -0.39 is 0 Å². The SMILES string of the molecule is O=C(CN1CCC(C(=O)c2ccc(Cl)cc2)CC1)NCC1CCCCC1. The fourth-order valence-corrected chi connectivity index (χ4v) is 4.24. The van der Waals surface area contributed by atoms with E-state index in [2.05, 4.69) is 10.2 Å². The summed E-state index contributed by atoms with van der Waals surface area (Å²) < 4.78 is 0. The Hall–Kier alpha value is -1.39. The van der Waals surface area contributed by atoms with Crippen molar-refractivity contribution in [2.45, 2.75) is 44.9 Å². The Morgan fingerprint density at radius 1 is 1.00 bits per heavy atom. The first-order valence-electron chi connectivity index (χ1n) is 9.90. The number of halogens is 1. The Balaban J connectivity index is 1.38. The van der Waals surface area contributed by atoms with E-state index in [1.54, 1.807) is 24.3 Å². The normalized spacial score (nSPS) is 20.0. The second kappa shape index (κ2) is 9.52. The molecule has 0 unspecified atom stereocenters. The van der Waals surface area contributed by atoms with Gasteiger partial charge in [-0.1, -0.05) is 30.9 Å². The molecular formula is C21H29ClN2O2. The van der Waals surface area contributed by atoms with Gasteiger partial charge in [-0.25, -0.2) is 0 Å². The number of nitrogens with one attached hydrogen (secondary N) is 1. The predicted octanol–water partition coefficient (Wildman–Crippen LogP) is 3.93. The van der Waals surface area contributed by atoms with Gasteiger partial charge in [0.2, 0.25) is 5.91 Å². The first kappa shape index (κ1) is 19.4. The summed E-state index contributed by atoms with van der Waals surface area (Å²) in [6.07, 6.45) is 8.07. The number of amides is 1. The molecule has 0 aromatic heterocycles. The molecule has 1 N–H and O–H groups in total. The van der Waals surface area contributed by atoms with Gasteiger partial charge in [0.25, 0.3) is 0 Å². The zero-order valence-corrected chi connectivity index (χ0v) is 16.1.